The largest absolute Gasteiger partial charge is 0.382 e. The van der Waals surface area contributed by atoms with Gasteiger partial charge in [-0.2, -0.15) is 5.10 Å². The van der Waals surface area contributed by atoms with Gasteiger partial charge in [-0.15, -0.1) is 0 Å². The van der Waals surface area contributed by atoms with Crippen molar-refractivity contribution in [3.05, 3.63) is 52.3 Å². The maximum absolute atomic E-state index is 6.29. The van der Waals surface area contributed by atoms with Crippen LogP contribution in [0.3, 0.4) is 0 Å². The standard InChI is InChI=1S/C15H12Cl2N4/c1-8-9(4-3-7-19-8)14-13(15(18)21-20-14)12-10(16)5-2-6-11(12)17/h2-7H,1H3,(H3,18,20,21). The lowest BCUT2D eigenvalue weighted by Crippen LogP contribution is -1.92. The highest BCUT2D eigenvalue weighted by atomic mass is 35.5. The van der Waals surface area contributed by atoms with E-state index in [1.54, 1.807) is 24.4 Å². The molecule has 0 radical (unpaired) electrons. The summed E-state index contributed by atoms with van der Waals surface area (Å²) in [5.74, 6) is 0.350. The lowest BCUT2D eigenvalue weighted by Gasteiger charge is -2.10. The average Bonchev–Trinajstić information content (AvgIpc) is 2.81. The lowest BCUT2D eigenvalue weighted by molar-refractivity contribution is 1.09. The molecule has 4 nitrogen and oxygen atoms in total. The molecule has 0 amide bonds. The van der Waals surface area contributed by atoms with E-state index in [1.165, 1.54) is 0 Å². The van der Waals surface area contributed by atoms with Gasteiger partial charge in [0, 0.05) is 23.0 Å². The van der Waals surface area contributed by atoms with E-state index in [1.807, 2.05) is 19.1 Å². The van der Waals surface area contributed by atoms with E-state index in [9.17, 15) is 0 Å². The van der Waals surface area contributed by atoms with Gasteiger partial charge in [-0.1, -0.05) is 29.3 Å². The van der Waals surface area contributed by atoms with Crippen molar-refractivity contribution in [2.24, 2.45) is 0 Å². The maximum Gasteiger partial charge on any atom is 0.153 e. The number of aromatic amines is 1. The zero-order chi connectivity index (χ0) is 15.0. The average molecular weight is 319 g/mol. The Morgan fingerprint density at radius 3 is 2.43 bits per heavy atom. The van der Waals surface area contributed by atoms with Crippen LogP contribution in [0.1, 0.15) is 5.69 Å². The van der Waals surface area contributed by atoms with Crippen molar-refractivity contribution in [2.45, 2.75) is 6.92 Å². The van der Waals surface area contributed by atoms with Gasteiger partial charge in [0.05, 0.1) is 21.3 Å². The molecule has 106 valence electrons. The topological polar surface area (TPSA) is 67.6 Å². The second kappa shape index (κ2) is 5.39. The minimum Gasteiger partial charge on any atom is -0.382 e. The Morgan fingerprint density at radius 1 is 1.05 bits per heavy atom. The first-order valence-corrected chi connectivity index (χ1v) is 7.05. The Balaban J connectivity index is 2.31. The summed E-state index contributed by atoms with van der Waals surface area (Å²) in [4.78, 5) is 4.29. The minimum absolute atomic E-state index is 0.350. The van der Waals surface area contributed by atoms with Crippen LogP contribution in [0.2, 0.25) is 10.0 Å². The Hall–Kier alpha value is -2.04. The van der Waals surface area contributed by atoms with Gasteiger partial charge in [-0.3, -0.25) is 10.1 Å². The summed E-state index contributed by atoms with van der Waals surface area (Å²) < 4.78 is 0. The summed E-state index contributed by atoms with van der Waals surface area (Å²) in [7, 11) is 0. The SMILES string of the molecule is Cc1ncccc1-c1[nH]nc(N)c1-c1c(Cl)cccc1Cl. The van der Waals surface area contributed by atoms with Gasteiger partial charge < -0.3 is 5.73 Å². The molecule has 1 aromatic carbocycles. The molecule has 0 unspecified atom stereocenters. The lowest BCUT2D eigenvalue weighted by atomic mass is 10.00. The van der Waals surface area contributed by atoms with Crippen LogP contribution < -0.4 is 5.73 Å². The molecule has 0 saturated carbocycles. The molecule has 0 fully saturated rings. The van der Waals surface area contributed by atoms with Crippen LogP contribution >= 0.6 is 23.2 Å². The molecule has 3 aromatic rings. The Bertz CT molecular complexity index is 791. The molecule has 6 heteroatoms. The smallest absolute Gasteiger partial charge is 0.153 e. The minimum atomic E-state index is 0.350. The van der Waals surface area contributed by atoms with Crippen molar-refractivity contribution in [1.82, 2.24) is 15.2 Å². The zero-order valence-corrected chi connectivity index (χ0v) is 12.7. The quantitative estimate of drug-likeness (QED) is 0.738. The molecule has 3 rings (SSSR count). The molecular weight excluding hydrogens is 307 g/mol. The summed E-state index contributed by atoms with van der Waals surface area (Å²) in [6, 6.07) is 9.14. The first-order chi connectivity index (χ1) is 10.1. The number of aryl methyl sites for hydroxylation is 1. The predicted octanol–water partition coefficient (Wildman–Crippen LogP) is 4.34. The number of halogens is 2. The molecule has 0 aliphatic carbocycles. The normalized spacial score (nSPS) is 10.8. The summed E-state index contributed by atoms with van der Waals surface area (Å²) >= 11 is 12.6. The monoisotopic (exact) mass is 318 g/mol. The molecule has 0 saturated heterocycles. The molecule has 0 spiro atoms. The van der Waals surface area contributed by atoms with E-state index in [-0.39, 0.29) is 0 Å². The summed E-state index contributed by atoms with van der Waals surface area (Å²) in [5, 5.41) is 8.10. The van der Waals surface area contributed by atoms with Crippen LogP contribution in [0.15, 0.2) is 36.5 Å². The number of benzene rings is 1. The molecule has 0 atom stereocenters. The van der Waals surface area contributed by atoms with Gasteiger partial charge in [0.15, 0.2) is 5.82 Å². The number of rotatable bonds is 2. The van der Waals surface area contributed by atoms with Gasteiger partial charge in [-0.25, -0.2) is 0 Å². The molecule has 0 aliphatic heterocycles. The number of nitrogens with zero attached hydrogens (tertiary/aromatic N) is 2. The fourth-order valence-electron chi connectivity index (χ4n) is 2.29. The van der Waals surface area contributed by atoms with Gasteiger partial charge >= 0.3 is 0 Å². The molecule has 2 aromatic heterocycles. The molecular formula is C15H12Cl2N4. The maximum atomic E-state index is 6.29. The molecule has 21 heavy (non-hydrogen) atoms. The van der Waals surface area contributed by atoms with Crippen molar-refractivity contribution in [1.29, 1.82) is 0 Å². The number of hydrogen-bond donors (Lipinski definition) is 2. The third-order valence-corrected chi connectivity index (χ3v) is 3.91. The highest BCUT2D eigenvalue weighted by molar-refractivity contribution is 6.39. The Labute approximate surface area is 131 Å². The van der Waals surface area contributed by atoms with E-state index in [2.05, 4.69) is 15.2 Å². The molecule has 0 aliphatic rings. The predicted molar refractivity (Wildman–Crippen MR) is 86.4 cm³/mol. The van der Waals surface area contributed by atoms with Crippen molar-refractivity contribution < 1.29 is 0 Å². The highest BCUT2D eigenvalue weighted by Gasteiger charge is 2.20. The molecule has 3 N–H and O–H groups in total. The first kappa shape index (κ1) is 13.9. The Morgan fingerprint density at radius 2 is 1.76 bits per heavy atom. The number of aromatic nitrogens is 3. The van der Waals surface area contributed by atoms with Crippen LogP contribution in [0.25, 0.3) is 22.4 Å². The number of nitrogens with two attached hydrogens (primary N) is 1. The van der Waals surface area contributed by atoms with E-state index in [0.29, 0.717) is 27.0 Å². The third-order valence-electron chi connectivity index (χ3n) is 3.28. The van der Waals surface area contributed by atoms with Gasteiger partial charge in [0.2, 0.25) is 0 Å². The molecule has 2 heterocycles. The van der Waals surface area contributed by atoms with Crippen molar-refractivity contribution in [3.8, 4) is 22.4 Å². The van der Waals surface area contributed by atoms with Gasteiger partial charge in [0.1, 0.15) is 0 Å². The fraction of sp³-hybridized carbons (Fsp3) is 0.0667. The van der Waals surface area contributed by atoms with E-state index in [4.69, 9.17) is 28.9 Å². The Kier molecular flexibility index (Phi) is 3.57. The highest BCUT2D eigenvalue weighted by Crippen LogP contribution is 2.42. The number of pyridine rings is 1. The van der Waals surface area contributed by atoms with Crippen LogP contribution in [0.4, 0.5) is 5.82 Å². The fourth-order valence-corrected chi connectivity index (χ4v) is 2.88. The number of nitrogen functional groups attached to an aromatic ring is 1. The van der Waals surface area contributed by atoms with E-state index in [0.717, 1.165) is 17.0 Å². The summed E-state index contributed by atoms with van der Waals surface area (Å²) in [5.41, 5.74) is 9.92. The van der Waals surface area contributed by atoms with Crippen molar-refractivity contribution in [3.63, 3.8) is 0 Å². The van der Waals surface area contributed by atoms with Crippen LogP contribution in [-0.4, -0.2) is 15.2 Å². The number of anilines is 1. The zero-order valence-electron chi connectivity index (χ0n) is 11.2. The van der Waals surface area contributed by atoms with E-state index < -0.39 is 0 Å². The second-order valence-electron chi connectivity index (χ2n) is 4.59. The van der Waals surface area contributed by atoms with Crippen LogP contribution in [0, 0.1) is 6.92 Å². The molecule has 0 bridgehead atoms. The van der Waals surface area contributed by atoms with Gasteiger partial charge in [-0.05, 0) is 31.2 Å². The number of nitrogens with one attached hydrogen (secondary N) is 1. The van der Waals surface area contributed by atoms with Gasteiger partial charge in [0.25, 0.3) is 0 Å². The number of hydrogen-bond acceptors (Lipinski definition) is 3. The van der Waals surface area contributed by atoms with Crippen molar-refractivity contribution >= 4 is 29.0 Å². The van der Waals surface area contributed by atoms with Crippen molar-refractivity contribution in [2.75, 3.05) is 5.73 Å². The van der Waals surface area contributed by atoms with E-state index >= 15 is 0 Å². The van der Waals surface area contributed by atoms with Crippen LogP contribution in [0.5, 0.6) is 0 Å². The second-order valence-corrected chi connectivity index (χ2v) is 5.41. The third kappa shape index (κ3) is 2.37. The summed E-state index contributed by atoms with van der Waals surface area (Å²) in [6.07, 6.45) is 1.74. The van der Waals surface area contributed by atoms with Crippen LogP contribution in [-0.2, 0) is 0 Å². The number of H-pyrrole nitrogens is 1. The first-order valence-electron chi connectivity index (χ1n) is 6.30. The summed E-state index contributed by atoms with van der Waals surface area (Å²) in [6.45, 7) is 1.92.